The number of esters is 1. The van der Waals surface area contributed by atoms with E-state index in [1.54, 1.807) is 12.1 Å². The Labute approximate surface area is 295 Å². The maximum absolute atomic E-state index is 13.5. The van der Waals surface area contributed by atoms with Gasteiger partial charge in [0.1, 0.15) is 11.5 Å². The van der Waals surface area contributed by atoms with Crippen LogP contribution < -0.4 is 14.5 Å². The third kappa shape index (κ3) is 6.53. The molecule has 0 spiro atoms. The lowest BCUT2D eigenvalue weighted by atomic mass is 9.80. The van der Waals surface area contributed by atoms with E-state index >= 15 is 0 Å². The molecule has 0 radical (unpaired) electrons. The highest BCUT2D eigenvalue weighted by Crippen LogP contribution is 2.51. The summed E-state index contributed by atoms with van der Waals surface area (Å²) >= 11 is 0. The molecule has 1 heterocycles. The number of carbonyl (C=O) groups is 1. The third-order valence-corrected chi connectivity index (χ3v) is 9.21. The molecule has 8 heteroatoms. The van der Waals surface area contributed by atoms with Crippen molar-refractivity contribution in [2.24, 2.45) is 0 Å². The number of halogens is 3. The van der Waals surface area contributed by atoms with Crippen molar-refractivity contribution in [1.82, 2.24) is 0 Å². The van der Waals surface area contributed by atoms with Crippen molar-refractivity contribution < 1.29 is 27.4 Å². The molecule has 0 aromatic heterocycles. The van der Waals surface area contributed by atoms with Crippen molar-refractivity contribution in [2.75, 3.05) is 23.5 Å². The van der Waals surface area contributed by atoms with Crippen LogP contribution in [0.4, 0.5) is 41.6 Å². The molecule has 5 nitrogen and oxygen atoms in total. The van der Waals surface area contributed by atoms with Gasteiger partial charge in [0.15, 0.2) is 0 Å². The summed E-state index contributed by atoms with van der Waals surface area (Å²) in [4.78, 5) is 17.3. The zero-order valence-electron chi connectivity index (χ0n) is 28.3. The molecule has 51 heavy (non-hydrogen) atoms. The van der Waals surface area contributed by atoms with Gasteiger partial charge in [0, 0.05) is 58.1 Å². The maximum atomic E-state index is 13.5. The number of hydrogen-bond donors (Lipinski definition) is 0. The van der Waals surface area contributed by atoms with Crippen LogP contribution in [-0.4, -0.2) is 19.6 Å². The fraction of sp³-hybridized carbons (Fsp3) is 0.140. The van der Waals surface area contributed by atoms with Gasteiger partial charge in [-0.3, -0.25) is 0 Å². The molecule has 0 amide bonds. The molecule has 0 aliphatic carbocycles. The van der Waals surface area contributed by atoms with Gasteiger partial charge in [0.2, 0.25) is 0 Å². The first-order valence-corrected chi connectivity index (χ1v) is 16.7. The lowest BCUT2D eigenvalue weighted by molar-refractivity contribution is -0.137. The second kappa shape index (κ2) is 13.7. The number of anilines is 5. The van der Waals surface area contributed by atoms with Crippen molar-refractivity contribution in [1.29, 1.82) is 0 Å². The number of hydrogen-bond acceptors (Lipinski definition) is 5. The summed E-state index contributed by atoms with van der Waals surface area (Å²) < 4.78 is 52.4. The normalized spacial score (nSPS) is 13.4. The summed E-state index contributed by atoms with van der Waals surface area (Å²) in [6, 6.07) is 42.2. The molecular formula is C43H35F3N2O3. The molecule has 0 N–H and O–H groups in total. The van der Waals surface area contributed by atoms with Crippen LogP contribution in [-0.2, 0) is 10.9 Å². The number of carbonyl (C=O) groups excluding carboxylic acids is 1. The summed E-state index contributed by atoms with van der Waals surface area (Å²) in [6.07, 6.45) is -4.46. The average Bonchev–Trinajstić information content (AvgIpc) is 3.15. The quantitative estimate of drug-likeness (QED) is 0.149. The monoisotopic (exact) mass is 684 g/mol. The number of ether oxygens (including phenoxy) is 2. The molecule has 1 aliphatic heterocycles. The number of rotatable bonds is 8. The molecule has 1 aliphatic rings. The van der Waals surface area contributed by atoms with E-state index in [4.69, 9.17) is 9.47 Å². The second-order valence-electron chi connectivity index (χ2n) is 12.4. The van der Waals surface area contributed by atoms with Crippen molar-refractivity contribution in [3.63, 3.8) is 0 Å². The molecule has 0 fully saturated rings. The molecule has 1 atom stereocenters. The zero-order valence-corrected chi connectivity index (χ0v) is 28.3. The maximum Gasteiger partial charge on any atom is 0.416 e. The minimum atomic E-state index is -4.46. The molecule has 1 unspecified atom stereocenters. The minimum absolute atomic E-state index is 0.427. The van der Waals surface area contributed by atoms with E-state index in [2.05, 4.69) is 49.1 Å². The predicted molar refractivity (Wildman–Crippen MR) is 195 cm³/mol. The van der Waals surface area contributed by atoms with E-state index in [1.807, 2.05) is 77.7 Å². The Kier molecular flexibility index (Phi) is 9.00. The number of benzene rings is 6. The topological polar surface area (TPSA) is 42.0 Å². The summed E-state index contributed by atoms with van der Waals surface area (Å²) in [7, 11) is 1.36. The minimum Gasteiger partial charge on any atom is -0.465 e. The van der Waals surface area contributed by atoms with E-state index in [-0.39, 0.29) is 0 Å². The number of nitrogens with zero attached hydrogens (tertiary/aromatic N) is 2. The molecule has 6 aromatic rings. The average molecular weight is 685 g/mol. The van der Waals surface area contributed by atoms with Gasteiger partial charge in [0.05, 0.1) is 18.2 Å². The largest absolute Gasteiger partial charge is 0.465 e. The highest BCUT2D eigenvalue weighted by molar-refractivity contribution is 5.92. The van der Waals surface area contributed by atoms with Crippen molar-refractivity contribution in [3.8, 4) is 11.5 Å². The SMILES string of the molecule is CCN(c1ccc(C)cc1)c1ccc2c(c1)Oc1ccc(N(c3ccccc3)c3ccc(C(F)(F)F)cc3)cc1C2c1ccccc1C(=O)OC. The van der Waals surface area contributed by atoms with Crippen LogP contribution in [0.15, 0.2) is 140 Å². The fourth-order valence-electron chi connectivity index (χ4n) is 6.74. The van der Waals surface area contributed by atoms with E-state index in [9.17, 15) is 18.0 Å². The van der Waals surface area contributed by atoms with Crippen molar-refractivity contribution in [3.05, 3.63) is 173 Å². The van der Waals surface area contributed by atoms with E-state index in [1.165, 1.54) is 24.8 Å². The Hall–Kier alpha value is -6.02. The molecule has 0 bridgehead atoms. The standard InChI is InChI=1S/C43H35F3N2O3/c1-4-47(30-18-14-28(2)15-19-30)33-22-24-37-40(27-33)51-39-25-23-34(26-38(39)41(37)35-12-8-9-13-36(35)42(49)50-3)48(31-10-6-5-7-11-31)32-20-16-29(17-21-32)43(44,45)46/h5-27,41H,4H2,1-3H3. The lowest BCUT2D eigenvalue weighted by Crippen LogP contribution is -2.19. The summed E-state index contributed by atoms with van der Waals surface area (Å²) in [5, 5.41) is 0. The Bertz CT molecular complexity index is 2180. The molecule has 0 saturated carbocycles. The molecule has 0 saturated heterocycles. The molecule has 256 valence electrons. The summed E-state index contributed by atoms with van der Waals surface area (Å²) in [6.45, 7) is 4.89. The van der Waals surface area contributed by atoms with Gasteiger partial charge >= 0.3 is 12.1 Å². The lowest BCUT2D eigenvalue weighted by Gasteiger charge is -2.33. The summed E-state index contributed by atoms with van der Waals surface area (Å²) in [5.41, 5.74) is 7.32. The van der Waals surface area contributed by atoms with Gasteiger partial charge in [-0.1, -0.05) is 60.2 Å². The number of fused-ring (bicyclic) bond motifs is 2. The van der Waals surface area contributed by atoms with E-state index in [0.717, 1.165) is 52.4 Å². The smallest absolute Gasteiger partial charge is 0.416 e. The Morgan fingerprint density at radius 1 is 0.667 bits per heavy atom. The first-order valence-electron chi connectivity index (χ1n) is 16.7. The van der Waals surface area contributed by atoms with Crippen LogP contribution in [0.3, 0.4) is 0 Å². The van der Waals surface area contributed by atoms with Crippen molar-refractivity contribution >= 4 is 34.4 Å². The van der Waals surface area contributed by atoms with Gasteiger partial charge in [-0.25, -0.2) is 4.79 Å². The van der Waals surface area contributed by atoms with Crippen LogP contribution >= 0.6 is 0 Å². The molecule has 7 rings (SSSR count). The van der Waals surface area contributed by atoms with Gasteiger partial charge < -0.3 is 19.3 Å². The number of para-hydroxylation sites is 1. The number of aryl methyl sites for hydroxylation is 1. The first-order chi connectivity index (χ1) is 24.7. The van der Waals surface area contributed by atoms with Crippen LogP contribution in [0.1, 0.15) is 51.0 Å². The molecular weight excluding hydrogens is 649 g/mol. The van der Waals surface area contributed by atoms with E-state index in [0.29, 0.717) is 28.4 Å². The van der Waals surface area contributed by atoms with Gasteiger partial charge in [-0.2, -0.15) is 13.2 Å². The molecule has 6 aromatic carbocycles. The summed E-state index contributed by atoms with van der Waals surface area (Å²) in [5.74, 6) is 0.366. The van der Waals surface area contributed by atoms with Gasteiger partial charge in [0.25, 0.3) is 0 Å². The third-order valence-electron chi connectivity index (χ3n) is 9.21. The number of methoxy groups -OCH3 is 1. The van der Waals surface area contributed by atoms with Crippen LogP contribution in [0.25, 0.3) is 0 Å². The van der Waals surface area contributed by atoms with Gasteiger partial charge in [-0.05, 0) is 98.3 Å². The highest BCUT2D eigenvalue weighted by Gasteiger charge is 2.34. The van der Waals surface area contributed by atoms with Crippen molar-refractivity contribution in [2.45, 2.75) is 25.9 Å². The fourth-order valence-corrected chi connectivity index (χ4v) is 6.74. The number of alkyl halides is 3. The Morgan fingerprint density at radius 2 is 1.29 bits per heavy atom. The zero-order chi connectivity index (χ0) is 35.7. The first kappa shape index (κ1) is 33.5. The predicted octanol–water partition coefficient (Wildman–Crippen LogP) is 11.7. The van der Waals surface area contributed by atoms with Crippen LogP contribution in [0.2, 0.25) is 0 Å². The van der Waals surface area contributed by atoms with Gasteiger partial charge in [-0.15, -0.1) is 0 Å². The van der Waals surface area contributed by atoms with E-state index < -0.39 is 23.6 Å². The van der Waals surface area contributed by atoms with Crippen LogP contribution in [0.5, 0.6) is 11.5 Å². The Morgan fingerprint density at radius 3 is 1.98 bits per heavy atom. The highest BCUT2D eigenvalue weighted by atomic mass is 19.4. The second-order valence-corrected chi connectivity index (χ2v) is 12.4. The Balaban J connectivity index is 1.39. The van der Waals surface area contributed by atoms with Crippen LogP contribution in [0, 0.1) is 6.92 Å².